The summed E-state index contributed by atoms with van der Waals surface area (Å²) >= 11 is 0. The van der Waals surface area contributed by atoms with Crippen LogP contribution < -0.4 is 5.32 Å². The molecular weight excluding hydrogens is 227 g/mol. The molecule has 2 rings (SSSR count). The van der Waals surface area contributed by atoms with E-state index in [1.807, 2.05) is 6.92 Å². The molecular formula is C13H16F3N. The smallest absolute Gasteiger partial charge is 0.161 e. The molecule has 1 N–H and O–H groups in total. The van der Waals surface area contributed by atoms with E-state index in [1.165, 1.54) is 12.8 Å². The summed E-state index contributed by atoms with van der Waals surface area (Å²) in [4.78, 5) is 0. The van der Waals surface area contributed by atoms with Crippen LogP contribution in [-0.2, 0) is 6.54 Å². The van der Waals surface area contributed by atoms with Crippen LogP contribution in [0.2, 0.25) is 0 Å². The van der Waals surface area contributed by atoms with Crippen molar-refractivity contribution in [2.75, 3.05) is 0 Å². The Hall–Kier alpha value is -1.03. The number of hydrogen-bond acceptors (Lipinski definition) is 1. The van der Waals surface area contributed by atoms with Crippen molar-refractivity contribution in [1.29, 1.82) is 0 Å². The zero-order valence-electron chi connectivity index (χ0n) is 9.77. The molecule has 1 nitrogen and oxygen atoms in total. The Morgan fingerprint density at radius 3 is 2.47 bits per heavy atom. The standard InChI is InChI=1S/C13H16F3N/c1-8(4-9-2-3-9)17-7-10-5-12(15)13(16)6-11(10)14/h5-6,8-9,17H,2-4,7H2,1H3. The van der Waals surface area contributed by atoms with Crippen molar-refractivity contribution in [2.45, 2.75) is 38.8 Å². The van der Waals surface area contributed by atoms with E-state index >= 15 is 0 Å². The molecule has 1 aliphatic carbocycles. The lowest BCUT2D eigenvalue weighted by Crippen LogP contribution is -2.26. The molecule has 0 bridgehead atoms. The lowest BCUT2D eigenvalue weighted by Gasteiger charge is -2.13. The van der Waals surface area contributed by atoms with Gasteiger partial charge in [0.15, 0.2) is 11.6 Å². The minimum absolute atomic E-state index is 0.173. The highest BCUT2D eigenvalue weighted by Gasteiger charge is 2.23. The van der Waals surface area contributed by atoms with Gasteiger partial charge in [-0.05, 0) is 25.3 Å². The fourth-order valence-corrected chi connectivity index (χ4v) is 1.92. The second-order valence-electron chi connectivity index (χ2n) is 4.82. The van der Waals surface area contributed by atoms with Crippen molar-refractivity contribution >= 4 is 0 Å². The Balaban J connectivity index is 1.91. The molecule has 1 fully saturated rings. The molecule has 1 aromatic rings. The molecule has 1 aromatic carbocycles. The summed E-state index contributed by atoms with van der Waals surface area (Å²) < 4.78 is 38.9. The number of hydrogen-bond donors (Lipinski definition) is 1. The van der Waals surface area contributed by atoms with Gasteiger partial charge in [-0.15, -0.1) is 0 Å². The highest BCUT2D eigenvalue weighted by atomic mass is 19.2. The maximum atomic E-state index is 13.3. The maximum absolute atomic E-state index is 13.3. The molecule has 0 aliphatic heterocycles. The molecule has 0 radical (unpaired) electrons. The van der Waals surface area contributed by atoms with E-state index in [1.54, 1.807) is 0 Å². The van der Waals surface area contributed by atoms with Gasteiger partial charge in [0.1, 0.15) is 5.82 Å². The van der Waals surface area contributed by atoms with Crippen molar-refractivity contribution in [2.24, 2.45) is 5.92 Å². The van der Waals surface area contributed by atoms with Crippen LogP contribution >= 0.6 is 0 Å². The predicted octanol–water partition coefficient (Wildman–Crippen LogP) is 3.38. The third-order valence-electron chi connectivity index (χ3n) is 3.11. The van der Waals surface area contributed by atoms with Gasteiger partial charge in [0.2, 0.25) is 0 Å². The second kappa shape index (κ2) is 5.08. The molecule has 0 saturated heterocycles. The van der Waals surface area contributed by atoms with E-state index < -0.39 is 17.5 Å². The minimum Gasteiger partial charge on any atom is -0.310 e. The van der Waals surface area contributed by atoms with E-state index in [9.17, 15) is 13.2 Å². The van der Waals surface area contributed by atoms with Gasteiger partial charge in [-0.3, -0.25) is 0 Å². The predicted molar refractivity (Wildman–Crippen MR) is 60.0 cm³/mol. The van der Waals surface area contributed by atoms with Crippen LogP contribution in [0, 0.1) is 23.4 Å². The van der Waals surface area contributed by atoms with Crippen molar-refractivity contribution in [3.05, 3.63) is 35.1 Å². The Morgan fingerprint density at radius 2 is 1.82 bits per heavy atom. The summed E-state index contributed by atoms with van der Waals surface area (Å²) in [6, 6.07) is 1.79. The molecule has 17 heavy (non-hydrogen) atoms. The Kier molecular flexibility index (Phi) is 3.72. The summed E-state index contributed by atoms with van der Waals surface area (Å²) in [5.74, 6) is -2.06. The molecule has 0 amide bonds. The van der Waals surface area contributed by atoms with Crippen LogP contribution in [0.5, 0.6) is 0 Å². The van der Waals surface area contributed by atoms with Crippen molar-refractivity contribution in [1.82, 2.24) is 5.32 Å². The monoisotopic (exact) mass is 243 g/mol. The average Bonchev–Trinajstić information content (AvgIpc) is 3.05. The van der Waals surface area contributed by atoms with Crippen LogP contribution in [-0.4, -0.2) is 6.04 Å². The van der Waals surface area contributed by atoms with E-state index in [-0.39, 0.29) is 18.2 Å². The lowest BCUT2D eigenvalue weighted by atomic mass is 10.1. The highest BCUT2D eigenvalue weighted by Crippen LogP contribution is 2.33. The van der Waals surface area contributed by atoms with Crippen LogP contribution in [0.25, 0.3) is 0 Å². The first-order valence-electron chi connectivity index (χ1n) is 5.93. The van der Waals surface area contributed by atoms with Gasteiger partial charge in [0.05, 0.1) is 0 Å². The van der Waals surface area contributed by atoms with Gasteiger partial charge in [-0.25, -0.2) is 13.2 Å². The third kappa shape index (κ3) is 3.46. The van der Waals surface area contributed by atoms with Crippen LogP contribution in [0.1, 0.15) is 31.7 Å². The van der Waals surface area contributed by atoms with Gasteiger partial charge < -0.3 is 5.32 Å². The number of nitrogens with one attached hydrogen (secondary N) is 1. The SMILES string of the molecule is CC(CC1CC1)NCc1cc(F)c(F)cc1F. The van der Waals surface area contributed by atoms with E-state index in [0.717, 1.165) is 18.4 Å². The molecule has 1 saturated carbocycles. The zero-order chi connectivity index (χ0) is 12.4. The van der Waals surface area contributed by atoms with Gasteiger partial charge in [-0.2, -0.15) is 0 Å². The van der Waals surface area contributed by atoms with Gasteiger partial charge in [0.25, 0.3) is 0 Å². The normalized spacial score (nSPS) is 17.2. The molecule has 0 heterocycles. The highest BCUT2D eigenvalue weighted by molar-refractivity contribution is 5.20. The van der Waals surface area contributed by atoms with Crippen LogP contribution in [0.3, 0.4) is 0 Å². The first-order chi connectivity index (χ1) is 8.06. The minimum atomic E-state index is -1.14. The Morgan fingerprint density at radius 1 is 1.18 bits per heavy atom. The van der Waals surface area contributed by atoms with E-state index in [2.05, 4.69) is 5.32 Å². The van der Waals surface area contributed by atoms with E-state index in [4.69, 9.17) is 0 Å². The summed E-state index contributed by atoms with van der Waals surface area (Å²) in [6.07, 6.45) is 3.60. The summed E-state index contributed by atoms with van der Waals surface area (Å²) in [6.45, 7) is 2.26. The number of halogens is 3. The summed E-state index contributed by atoms with van der Waals surface area (Å²) in [5.41, 5.74) is 0.173. The lowest BCUT2D eigenvalue weighted by molar-refractivity contribution is 0.464. The molecule has 0 aromatic heterocycles. The average molecular weight is 243 g/mol. The van der Waals surface area contributed by atoms with Crippen LogP contribution in [0.15, 0.2) is 12.1 Å². The maximum Gasteiger partial charge on any atom is 0.161 e. The first-order valence-corrected chi connectivity index (χ1v) is 5.93. The molecule has 1 atom stereocenters. The topological polar surface area (TPSA) is 12.0 Å². The number of rotatable bonds is 5. The zero-order valence-corrected chi connectivity index (χ0v) is 9.77. The largest absolute Gasteiger partial charge is 0.310 e. The Labute approximate surface area is 99.0 Å². The van der Waals surface area contributed by atoms with Gasteiger partial charge >= 0.3 is 0 Å². The quantitative estimate of drug-likeness (QED) is 0.782. The molecule has 0 spiro atoms. The van der Waals surface area contributed by atoms with Gasteiger partial charge in [0, 0.05) is 24.2 Å². The third-order valence-corrected chi connectivity index (χ3v) is 3.11. The second-order valence-corrected chi connectivity index (χ2v) is 4.82. The van der Waals surface area contributed by atoms with Crippen molar-refractivity contribution in [3.63, 3.8) is 0 Å². The number of benzene rings is 1. The molecule has 94 valence electrons. The fourth-order valence-electron chi connectivity index (χ4n) is 1.92. The van der Waals surface area contributed by atoms with E-state index in [0.29, 0.717) is 6.07 Å². The molecule has 4 heteroatoms. The van der Waals surface area contributed by atoms with Crippen LogP contribution in [0.4, 0.5) is 13.2 Å². The summed E-state index contributed by atoms with van der Waals surface area (Å²) in [7, 11) is 0. The first kappa shape index (κ1) is 12.4. The summed E-state index contributed by atoms with van der Waals surface area (Å²) in [5, 5.41) is 3.13. The molecule has 1 aliphatic rings. The van der Waals surface area contributed by atoms with Crippen molar-refractivity contribution < 1.29 is 13.2 Å². The fraction of sp³-hybridized carbons (Fsp3) is 0.538. The Bertz CT molecular complexity index is 402. The van der Waals surface area contributed by atoms with Crippen molar-refractivity contribution in [3.8, 4) is 0 Å². The molecule has 1 unspecified atom stereocenters. The van der Waals surface area contributed by atoms with Gasteiger partial charge in [-0.1, -0.05) is 12.8 Å².